The van der Waals surface area contributed by atoms with Gasteiger partial charge in [-0.05, 0) is 13.3 Å². The highest BCUT2D eigenvalue weighted by atomic mass is 16.2. The summed E-state index contributed by atoms with van der Waals surface area (Å²) in [7, 11) is 1.47. The maximum absolute atomic E-state index is 12.1. The van der Waals surface area contributed by atoms with Gasteiger partial charge in [-0.2, -0.15) is 0 Å². The van der Waals surface area contributed by atoms with E-state index >= 15 is 0 Å². The predicted molar refractivity (Wildman–Crippen MR) is 84.9 cm³/mol. The number of hydrogen-bond donors (Lipinski definition) is 2. The molecule has 0 saturated carbocycles. The second kappa shape index (κ2) is 11.1. The Bertz CT molecular complexity index is 345. The highest BCUT2D eigenvalue weighted by Gasteiger charge is 2.47. The number of likely N-dealkylation sites (N-methyl/N-ethyl adjacent to an activating group) is 1. The molecular formula is C15H31N3O3. The zero-order valence-electron chi connectivity index (χ0n) is 14.5. The van der Waals surface area contributed by atoms with Crippen molar-refractivity contribution in [3.8, 4) is 0 Å². The zero-order valence-corrected chi connectivity index (χ0v) is 14.5. The molecule has 1 fully saturated rings. The summed E-state index contributed by atoms with van der Waals surface area (Å²) >= 11 is 0. The summed E-state index contributed by atoms with van der Waals surface area (Å²) in [6.07, 6.45) is 2.41. The third kappa shape index (κ3) is 6.14. The fourth-order valence-corrected chi connectivity index (χ4v) is 1.81. The highest BCUT2D eigenvalue weighted by molar-refractivity contribution is 6.08. The maximum atomic E-state index is 12.1. The topological polar surface area (TPSA) is 78.5 Å². The lowest BCUT2D eigenvalue weighted by atomic mass is 9.95. The van der Waals surface area contributed by atoms with Crippen LogP contribution in [0.1, 0.15) is 60.8 Å². The molecule has 0 aliphatic carbocycles. The van der Waals surface area contributed by atoms with Crippen LogP contribution >= 0.6 is 0 Å². The molecule has 21 heavy (non-hydrogen) atoms. The minimum Gasteiger partial charge on any atom is -0.358 e. The Labute approximate surface area is 128 Å². The van der Waals surface area contributed by atoms with Gasteiger partial charge in [0.05, 0.1) is 0 Å². The van der Waals surface area contributed by atoms with Crippen LogP contribution < -0.4 is 10.6 Å². The van der Waals surface area contributed by atoms with Crippen molar-refractivity contribution in [3.63, 3.8) is 0 Å². The molecule has 1 rings (SSSR count). The van der Waals surface area contributed by atoms with Crippen LogP contribution in [0.3, 0.4) is 0 Å². The van der Waals surface area contributed by atoms with Crippen LogP contribution in [-0.2, 0) is 9.59 Å². The molecule has 0 aromatic heterocycles. The van der Waals surface area contributed by atoms with E-state index in [1.165, 1.54) is 7.05 Å². The number of hydrogen-bond acceptors (Lipinski definition) is 3. The Kier molecular flexibility index (Phi) is 11.5. The molecule has 6 nitrogen and oxygen atoms in total. The van der Waals surface area contributed by atoms with Gasteiger partial charge in [-0.3, -0.25) is 14.5 Å². The maximum Gasteiger partial charge on any atom is 0.325 e. The first-order valence-corrected chi connectivity index (χ1v) is 7.79. The molecule has 0 aromatic rings. The fourth-order valence-electron chi connectivity index (χ4n) is 1.81. The molecule has 124 valence electrons. The van der Waals surface area contributed by atoms with Gasteiger partial charge in [-0.15, -0.1) is 0 Å². The molecule has 6 heteroatoms. The lowest BCUT2D eigenvalue weighted by molar-refractivity contribution is -0.134. The van der Waals surface area contributed by atoms with Gasteiger partial charge in [0.15, 0.2) is 0 Å². The predicted octanol–water partition coefficient (Wildman–Crippen LogP) is 2.29. The zero-order chi connectivity index (χ0) is 17.1. The van der Waals surface area contributed by atoms with Gasteiger partial charge >= 0.3 is 6.03 Å². The van der Waals surface area contributed by atoms with Crippen LogP contribution in [0.4, 0.5) is 4.79 Å². The van der Waals surface area contributed by atoms with Crippen molar-refractivity contribution in [1.82, 2.24) is 15.5 Å². The monoisotopic (exact) mass is 301 g/mol. The molecule has 4 amide bonds. The Morgan fingerprint density at radius 1 is 1.24 bits per heavy atom. The van der Waals surface area contributed by atoms with Crippen molar-refractivity contribution in [1.29, 1.82) is 0 Å². The first-order valence-electron chi connectivity index (χ1n) is 7.79. The molecule has 2 N–H and O–H groups in total. The van der Waals surface area contributed by atoms with Gasteiger partial charge < -0.3 is 10.6 Å². The van der Waals surface area contributed by atoms with E-state index in [2.05, 4.69) is 10.6 Å². The Hall–Kier alpha value is -1.59. The minimum atomic E-state index is -0.860. The van der Waals surface area contributed by atoms with Gasteiger partial charge in [0.2, 0.25) is 5.91 Å². The van der Waals surface area contributed by atoms with E-state index in [-0.39, 0.29) is 18.4 Å². The largest absolute Gasteiger partial charge is 0.358 e. The van der Waals surface area contributed by atoms with Crippen molar-refractivity contribution in [2.24, 2.45) is 0 Å². The third-order valence-corrected chi connectivity index (χ3v) is 2.96. The van der Waals surface area contributed by atoms with Gasteiger partial charge in [0, 0.05) is 7.05 Å². The number of unbranched alkanes of at least 4 members (excludes halogenated alkanes) is 1. The molecule has 1 aliphatic rings. The second-order valence-electron chi connectivity index (χ2n) is 4.43. The SMILES string of the molecule is CC.CC.CCCCC1(C)NC(=O)N(CC(=O)NC)C1=O. The van der Waals surface area contributed by atoms with Crippen molar-refractivity contribution in [3.05, 3.63) is 0 Å². The molecule has 1 saturated heterocycles. The van der Waals surface area contributed by atoms with Crippen LogP contribution in [0.25, 0.3) is 0 Å². The molecule has 0 aromatic carbocycles. The smallest absolute Gasteiger partial charge is 0.325 e. The number of imide groups is 1. The average Bonchev–Trinajstić information content (AvgIpc) is 2.73. The van der Waals surface area contributed by atoms with Crippen LogP contribution in [0.15, 0.2) is 0 Å². The van der Waals surface area contributed by atoms with E-state index in [1.807, 2.05) is 34.6 Å². The van der Waals surface area contributed by atoms with E-state index in [0.29, 0.717) is 6.42 Å². The first-order chi connectivity index (χ1) is 9.94. The van der Waals surface area contributed by atoms with Gasteiger partial charge in [-0.1, -0.05) is 47.5 Å². The summed E-state index contributed by atoms with van der Waals surface area (Å²) in [5.74, 6) is -0.673. The molecular weight excluding hydrogens is 270 g/mol. The van der Waals surface area contributed by atoms with Gasteiger partial charge in [0.1, 0.15) is 12.1 Å². The van der Waals surface area contributed by atoms with Crippen LogP contribution in [0.5, 0.6) is 0 Å². The molecule has 0 bridgehead atoms. The molecule has 1 atom stereocenters. The summed E-state index contributed by atoms with van der Waals surface area (Å²) < 4.78 is 0. The number of urea groups is 1. The van der Waals surface area contributed by atoms with Crippen LogP contribution in [0, 0.1) is 0 Å². The number of rotatable bonds is 5. The van der Waals surface area contributed by atoms with Crippen molar-refractivity contribution >= 4 is 17.8 Å². The lowest BCUT2D eigenvalue weighted by Gasteiger charge is -2.20. The number of nitrogens with zero attached hydrogens (tertiary/aromatic N) is 1. The number of carbonyl (C=O) groups excluding carboxylic acids is 3. The Morgan fingerprint density at radius 3 is 2.19 bits per heavy atom. The van der Waals surface area contributed by atoms with E-state index in [0.717, 1.165) is 17.7 Å². The third-order valence-electron chi connectivity index (χ3n) is 2.96. The van der Waals surface area contributed by atoms with Gasteiger partial charge in [0.25, 0.3) is 5.91 Å². The Balaban J connectivity index is 0. The normalized spacial score (nSPS) is 19.9. The van der Waals surface area contributed by atoms with E-state index in [4.69, 9.17) is 0 Å². The average molecular weight is 301 g/mol. The number of carbonyl (C=O) groups is 3. The second-order valence-corrected chi connectivity index (χ2v) is 4.43. The van der Waals surface area contributed by atoms with E-state index in [1.54, 1.807) is 6.92 Å². The van der Waals surface area contributed by atoms with Crippen molar-refractivity contribution in [2.75, 3.05) is 13.6 Å². The number of nitrogens with one attached hydrogen (secondary N) is 2. The van der Waals surface area contributed by atoms with Crippen LogP contribution in [-0.4, -0.2) is 41.9 Å². The standard InChI is InChI=1S/C11H19N3O3.2C2H6/c1-4-5-6-11(2)9(16)14(10(17)13-11)7-8(15)12-3;2*1-2/h4-7H2,1-3H3,(H,12,15)(H,13,17);2*1-2H3. The fraction of sp³-hybridized carbons (Fsp3) is 0.800. The lowest BCUT2D eigenvalue weighted by Crippen LogP contribution is -2.44. The quantitative estimate of drug-likeness (QED) is 0.765. The molecule has 1 aliphatic heterocycles. The molecule has 0 spiro atoms. The molecule has 1 heterocycles. The summed E-state index contributed by atoms with van der Waals surface area (Å²) in [6.45, 7) is 11.5. The number of amides is 4. The van der Waals surface area contributed by atoms with Gasteiger partial charge in [-0.25, -0.2) is 4.79 Å². The van der Waals surface area contributed by atoms with E-state index in [9.17, 15) is 14.4 Å². The van der Waals surface area contributed by atoms with Crippen molar-refractivity contribution < 1.29 is 14.4 Å². The summed E-state index contributed by atoms with van der Waals surface area (Å²) in [4.78, 5) is 35.9. The highest BCUT2D eigenvalue weighted by Crippen LogP contribution is 2.23. The summed E-state index contributed by atoms with van der Waals surface area (Å²) in [6, 6.07) is -0.489. The van der Waals surface area contributed by atoms with E-state index < -0.39 is 11.6 Å². The van der Waals surface area contributed by atoms with Crippen molar-refractivity contribution in [2.45, 2.75) is 66.3 Å². The summed E-state index contributed by atoms with van der Waals surface area (Å²) in [5, 5.41) is 5.04. The minimum absolute atomic E-state index is 0.219. The molecule has 1 unspecified atom stereocenters. The first kappa shape index (κ1) is 21.7. The molecule has 0 radical (unpaired) electrons. The van der Waals surface area contributed by atoms with Crippen LogP contribution in [0.2, 0.25) is 0 Å². The summed E-state index contributed by atoms with van der Waals surface area (Å²) in [5.41, 5.74) is -0.860. The Morgan fingerprint density at radius 2 is 1.76 bits per heavy atom.